The molecule has 2 aromatic rings. The molecule has 4 heteroatoms. The van der Waals surface area contributed by atoms with Crippen molar-refractivity contribution in [3.05, 3.63) is 51.9 Å². The van der Waals surface area contributed by atoms with Crippen LogP contribution >= 0.6 is 15.9 Å². The molecule has 1 unspecified atom stereocenters. The summed E-state index contributed by atoms with van der Waals surface area (Å²) in [6.45, 7) is 0.826. The van der Waals surface area contributed by atoms with E-state index in [0.717, 1.165) is 35.6 Å². The SMILES string of the molecule is CNC(c1ccc2c(c1)CCCO2)c1ccc(Br)o1. The lowest BCUT2D eigenvalue weighted by molar-refractivity contribution is 0.288. The summed E-state index contributed by atoms with van der Waals surface area (Å²) in [5, 5.41) is 3.30. The molecule has 1 aromatic heterocycles. The molecular formula is C15H16BrNO2. The number of hydrogen-bond donors (Lipinski definition) is 1. The highest BCUT2D eigenvalue weighted by Crippen LogP contribution is 2.31. The van der Waals surface area contributed by atoms with Gasteiger partial charge in [0.05, 0.1) is 12.6 Å². The number of aryl methyl sites for hydroxylation is 1. The van der Waals surface area contributed by atoms with Gasteiger partial charge in [0, 0.05) is 0 Å². The zero-order chi connectivity index (χ0) is 13.2. The lowest BCUT2D eigenvalue weighted by Gasteiger charge is -2.20. The molecule has 0 saturated heterocycles. The Balaban J connectivity index is 1.95. The fraction of sp³-hybridized carbons (Fsp3) is 0.333. The summed E-state index contributed by atoms with van der Waals surface area (Å²) in [7, 11) is 1.94. The van der Waals surface area contributed by atoms with Crippen molar-refractivity contribution >= 4 is 15.9 Å². The summed E-state index contributed by atoms with van der Waals surface area (Å²) in [6.07, 6.45) is 2.18. The first-order chi connectivity index (χ1) is 9.28. The van der Waals surface area contributed by atoms with Gasteiger partial charge in [-0.3, -0.25) is 0 Å². The highest BCUT2D eigenvalue weighted by atomic mass is 79.9. The van der Waals surface area contributed by atoms with Gasteiger partial charge in [-0.2, -0.15) is 0 Å². The number of nitrogens with one attached hydrogen (secondary N) is 1. The van der Waals surface area contributed by atoms with Crippen molar-refractivity contribution in [1.29, 1.82) is 0 Å². The second-order valence-corrected chi connectivity index (χ2v) is 5.46. The van der Waals surface area contributed by atoms with Crippen molar-refractivity contribution in [2.45, 2.75) is 18.9 Å². The number of furan rings is 1. The van der Waals surface area contributed by atoms with Crippen LogP contribution in [0.3, 0.4) is 0 Å². The van der Waals surface area contributed by atoms with Crippen molar-refractivity contribution in [1.82, 2.24) is 5.32 Å². The van der Waals surface area contributed by atoms with E-state index in [1.165, 1.54) is 11.1 Å². The summed E-state index contributed by atoms with van der Waals surface area (Å²) in [5.74, 6) is 1.93. The highest BCUT2D eigenvalue weighted by Gasteiger charge is 2.18. The molecule has 1 atom stereocenters. The predicted octanol–water partition coefficient (Wildman–Crippen LogP) is 3.68. The monoisotopic (exact) mass is 321 g/mol. The summed E-state index contributed by atoms with van der Waals surface area (Å²) < 4.78 is 12.1. The number of fused-ring (bicyclic) bond motifs is 1. The van der Waals surface area contributed by atoms with Gasteiger partial charge in [0.25, 0.3) is 0 Å². The first-order valence-corrected chi connectivity index (χ1v) is 7.25. The number of hydrogen-bond acceptors (Lipinski definition) is 3. The molecule has 2 heterocycles. The maximum atomic E-state index is 5.66. The first-order valence-electron chi connectivity index (χ1n) is 6.46. The predicted molar refractivity (Wildman–Crippen MR) is 77.6 cm³/mol. The standard InChI is InChI=1S/C15H16BrNO2/c1-17-15(13-6-7-14(16)19-13)11-4-5-12-10(9-11)3-2-8-18-12/h4-7,9,15,17H,2-3,8H2,1H3. The Hall–Kier alpha value is -1.26. The quantitative estimate of drug-likeness (QED) is 0.936. The third-order valence-electron chi connectivity index (χ3n) is 3.43. The molecule has 0 amide bonds. The fourth-order valence-electron chi connectivity index (χ4n) is 2.52. The average molecular weight is 322 g/mol. The molecule has 19 heavy (non-hydrogen) atoms. The molecule has 1 aliphatic rings. The minimum Gasteiger partial charge on any atom is -0.493 e. The number of benzene rings is 1. The van der Waals surface area contributed by atoms with Gasteiger partial charge in [-0.05, 0) is 65.1 Å². The molecule has 1 aromatic carbocycles. The summed E-state index contributed by atoms with van der Waals surface area (Å²) >= 11 is 3.35. The van der Waals surface area contributed by atoms with Crippen LogP contribution in [-0.2, 0) is 6.42 Å². The highest BCUT2D eigenvalue weighted by molar-refractivity contribution is 9.10. The second kappa shape index (κ2) is 5.39. The Morgan fingerprint density at radius 2 is 2.16 bits per heavy atom. The van der Waals surface area contributed by atoms with Crippen molar-refractivity contribution in [2.24, 2.45) is 0 Å². The van der Waals surface area contributed by atoms with Gasteiger partial charge >= 0.3 is 0 Å². The second-order valence-electron chi connectivity index (χ2n) is 4.68. The fourth-order valence-corrected chi connectivity index (χ4v) is 2.84. The zero-order valence-corrected chi connectivity index (χ0v) is 12.4. The largest absolute Gasteiger partial charge is 0.493 e. The van der Waals surface area contributed by atoms with Gasteiger partial charge in [0.15, 0.2) is 4.67 Å². The normalized spacial score (nSPS) is 15.7. The molecule has 0 bridgehead atoms. The average Bonchev–Trinajstić information content (AvgIpc) is 2.86. The lowest BCUT2D eigenvalue weighted by Crippen LogP contribution is -2.18. The molecule has 0 fully saturated rings. The molecule has 0 saturated carbocycles. The van der Waals surface area contributed by atoms with Gasteiger partial charge in [0.2, 0.25) is 0 Å². The van der Waals surface area contributed by atoms with Crippen LogP contribution in [0.2, 0.25) is 0 Å². The van der Waals surface area contributed by atoms with Gasteiger partial charge in [-0.15, -0.1) is 0 Å². The summed E-state index contributed by atoms with van der Waals surface area (Å²) in [6, 6.07) is 10.3. The van der Waals surface area contributed by atoms with Gasteiger partial charge in [0.1, 0.15) is 11.5 Å². The maximum absolute atomic E-state index is 5.66. The van der Waals surface area contributed by atoms with E-state index in [1.54, 1.807) is 0 Å². The third-order valence-corrected chi connectivity index (χ3v) is 3.86. The Morgan fingerprint density at radius 1 is 1.26 bits per heavy atom. The molecule has 3 nitrogen and oxygen atoms in total. The number of rotatable bonds is 3. The van der Waals surface area contributed by atoms with Crippen LogP contribution in [0.4, 0.5) is 0 Å². The first kappa shape index (κ1) is 12.8. The van der Waals surface area contributed by atoms with E-state index in [0.29, 0.717) is 0 Å². The van der Waals surface area contributed by atoms with E-state index in [2.05, 4.69) is 39.4 Å². The Kier molecular flexibility index (Phi) is 3.62. The minimum atomic E-state index is 0.0681. The molecule has 1 aliphatic heterocycles. The van der Waals surface area contributed by atoms with E-state index in [4.69, 9.17) is 9.15 Å². The van der Waals surface area contributed by atoms with Crippen LogP contribution in [0.5, 0.6) is 5.75 Å². The van der Waals surface area contributed by atoms with E-state index >= 15 is 0 Å². The van der Waals surface area contributed by atoms with E-state index < -0.39 is 0 Å². The zero-order valence-electron chi connectivity index (χ0n) is 10.8. The van der Waals surface area contributed by atoms with Gasteiger partial charge in [-0.25, -0.2) is 0 Å². The van der Waals surface area contributed by atoms with Crippen LogP contribution in [0.25, 0.3) is 0 Å². The van der Waals surface area contributed by atoms with E-state index in [9.17, 15) is 0 Å². The topological polar surface area (TPSA) is 34.4 Å². The molecule has 0 aliphatic carbocycles. The number of halogens is 1. The molecule has 0 radical (unpaired) electrons. The Labute approximate surface area is 121 Å². The van der Waals surface area contributed by atoms with Crippen molar-refractivity contribution < 1.29 is 9.15 Å². The number of ether oxygens (including phenoxy) is 1. The van der Waals surface area contributed by atoms with E-state index in [-0.39, 0.29) is 6.04 Å². The van der Waals surface area contributed by atoms with Crippen molar-refractivity contribution in [2.75, 3.05) is 13.7 Å². The summed E-state index contributed by atoms with van der Waals surface area (Å²) in [4.78, 5) is 0. The van der Waals surface area contributed by atoms with E-state index in [1.807, 2.05) is 19.2 Å². The van der Waals surface area contributed by atoms with Crippen molar-refractivity contribution in [3.8, 4) is 5.75 Å². The Morgan fingerprint density at radius 3 is 2.89 bits per heavy atom. The lowest BCUT2D eigenvalue weighted by atomic mass is 9.98. The molecule has 0 spiro atoms. The van der Waals surface area contributed by atoms with Gasteiger partial charge in [-0.1, -0.05) is 12.1 Å². The molecule has 3 rings (SSSR count). The third kappa shape index (κ3) is 2.55. The molecular weight excluding hydrogens is 306 g/mol. The van der Waals surface area contributed by atoms with Crippen LogP contribution in [0, 0.1) is 0 Å². The summed E-state index contributed by atoms with van der Waals surface area (Å²) in [5.41, 5.74) is 2.49. The molecule has 100 valence electrons. The Bertz CT molecular complexity index is 579. The minimum absolute atomic E-state index is 0.0681. The van der Waals surface area contributed by atoms with Crippen LogP contribution in [-0.4, -0.2) is 13.7 Å². The van der Waals surface area contributed by atoms with Crippen LogP contribution in [0.15, 0.2) is 39.4 Å². The van der Waals surface area contributed by atoms with Crippen LogP contribution < -0.4 is 10.1 Å². The van der Waals surface area contributed by atoms with Gasteiger partial charge < -0.3 is 14.5 Å². The molecule has 1 N–H and O–H groups in total. The van der Waals surface area contributed by atoms with Crippen LogP contribution in [0.1, 0.15) is 29.3 Å². The maximum Gasteiger partial charge on any atom is 0.169 e. The smallest absolute Gasteiger partial charge is 0.169 e. The van der Waals surface area contributed by atoms with Crippen molar-refractivity contribution in [3.63, 3.8) is 0 Å².